The molecule has 0 saturated heterocycles. The molecule has 0 fully saturated rings. The third-order valence-corrected chi connectivity index (χ3v) is 2.70. The number of carbonyl (C=O) groups is 1. The lowest BCUT2D eigenvalue weighted by atomic mass is 10.1. The van der Waals surface area contributed by atoms with E-state index in [0.717, 1.165) is 6.42 Å². The van der Waals surface area contributed by atoms with E-state index in [1.165, 1.54) is 6.08 Å². The van der Waals surface area contributed by atoms with Gasteiger partial charge in [-0.15, -0.1) is 18.0 Å². The third kappa shape index (κ3) is 9.64. The smallest absolute Gasteiger partial charge is 0.330 e. The van der Waals surface area contributed by atoms with E-state index in [1.807, 2.05) is 6.08 Å². The van der Waals surface area contributed by atoms with Crippen molar-refractivity contribution in [2.75, 3.05) is 6.61 Å². The lowest BCUT2D eigenvalue weighted by Crippen LogP contribution is -2.16. The second-order valence-corrected chi connectivity index (χ2v) is 9.51. The van der Waals surface area contributed by atoms with Crippen LogP contribution in [0.5, 0.6) is 0 Å². The van der Waals surface area contributed by atoms with Crippen LogP contribution in [-0.4, -0.2) is 20.7 Å². The average Bonchev–Trinajstić information content (AvgIpc) is 2.21. The molecule has 1 unspecified atom stereocenters. The zero-order chi connectivity index (χ0) is 13.3. The predicted molar refractivity (Wildman–Crippen MR) is 75.2 cm³/mol. The molecule has 0 heterocycles. The van der Waals surface area contributed by atoms with Gasteiger partial charge in [-0.2, -0.15) is 0 Å². The van der Waals surface area contributed by atoms with Gasteiger partial charge in [0.25, 0.3) is 0 Å². The zero-order valence-corrected chi connectivity index (χ0v) is 12.2. The molecule has 0 aliphatic rings. The van der Waals surface area contributed by atoms with E-state index in [0.29, 0.717) is 6.61 Å². The van der Waals surface area contributed by atoms with Crippen LogP contribution < -0.4 is 0 Å². The molecule has 0 N–H and O–H groups in total. The third-order valence-electron chi connectivity index (χ3n) is 1.80. The molecule has 0 bridgehead atoms. The Labute approximate surface area is 106 Å². The average molecular weight is 250 g/mol. The molecule has 0 aliphatic carbocycles. The van der Waals surface area contributed by atoms with E-state index >= 15 is 0 Å². The van der Waals surface area contributed by atoms with Crippen molar-refractivity contribution < 1.29 is 9.53 Å². The van der Waals surface area contributed by atoms with E-state index < -0.39 is 8.07 Å². The summed E-state index contributed by atoms with van der Waals surface area (Å²) in [5.74, 6) is 2.95. The van der Waals surface area contributed by atoms with Gasteiger partial charge in [0, 0.05) is 12.0 Å². The van der Waals surface area contributed by atoms with Gasteiger partial charge in [-0.1, -0.05) is 31.8 Å². The minimum absolute atomic E-state index is 0.0589. The molecule has 0 aliphatic heterocycles. The number of esters is 1. The highest BCUT2D eigenvalue weighted by Crippen LogP contribution is 2.06. The molecule has 0 saturated carbocycles. The summed E-state index contributed by atoms with van der Waals surface area (Å²) in [6.07, 6.45) is 5.83. The molecular formula is C14H22O2Si. The molecule has 3 heteroatoms. The van der Waals surface area contributed by atoms with E-state index in [-0.39, 0.29) is 11.9 Å². The lowest BCUT2D eigenvalue weighted by Gasteiger charge is -2.06. The number of ether oxygens (including phenoxy) is 1. The molecule has 0 rings (SSSR count). The Bertz CT molecular complexity index is 339. The van der Waals surface area contributed by atoms with Gasteiger partial charge in [-0.3, -0.25) is 0 Å². The van der Waals surface area contributed by atoms with Crippen LogP contribution in [0.2, 0.25) is 19.6 Å². The van der Waals surface area contributed by atoms with Crippen molar-refractivity contribution in [2.24, 2.45) is 5.92 Å². The molecule has 2 nitrogen and oxygen atoms in total. The monoisotopic (exact) mass is 250 g/mol. The molecule has 94 valence electrons. The highest BCUT2D eigenvalue weighted by molar-refractivity contribution is 6.83. The molecule has 0 amide bonds. The van der Waals surface area contributed by atoms with Gasteiger partial charge in [0.2, 0.25) is 0 Å². The van der Waals surface area contributed by atoms with Crippen LogP contribution in [-0.2, 0) is 9.53 Å². The highest BCUT2D eigenvalue weighted by Gasteiger charge is 2.08. The van der Waals surface area contributed by atoms with E-state index in [2.05, 4.69) is 37.7 Å². The first kappa shape index (κ1) is 15.7. The molecule has 0 radical (unpaired) electrons. The van der Waals surface area contributed by atoms with Gasteiger partial charge in [0.1, 0.15) is 8.07 Å². The summed E-state index contributed by atoms with van der Waals surface area (Å²) in [4.78, 5) is 11.2. The van der Waals surface area contributed by atoms with Crippen molar-refractivity contribution in [2.45, 2.75) is 33.0 Å². The number of hydrogen-bond donors (Lipinski definition) is 0. The fourth-order valence-electron chi connectivity index (χ4n) is 1.06. The van der Waals surface area contributed by atoms with Crippen molar-refractivity contribution in [3.05, 3.63) is 24.8 Å². The fourth-order valence-corrected chi connectivity index (χ4v) is 1.68. The number of carbonyl (C=O) groups excluding carboxylic acids is 1. The van der Waals surface area contributed by atoms with Gasteiger partial charge in [0.05, 0.1) is 6.61 Å². The van der Waals surface area contributed by atoms with Crippen molar-refractivity contribution >= 4 is 14.0 Å². The van der Waals surface area contributed by atoms with Crippen LogP contribution in [0.15, 0.2) is 24.8 Å². The molecular weight excluding hydrogens is 228 g/mol. The maximum atomic E-state index is 11.2. The van der Waals surface area contributed by atoms with Crippen molar-refractivity contribution in [3.8, 4) is 11.5 Å². The molecule has 0 aromatic carbocycles. The van der Waals surface area contributed by atoms with Crippen LogP contribution in [0.3, 0.4) is 0 Å². The Morgan fingerprint density at radius 2 is 2.12 bits per heavy atom. The summed E-state index contributed by atoms with van der Waals surface area (Å²) in [6.45, 7) is 12.5. The molecule has 1 atom stereocenters. The van der Waals surface area contributed by atoms with Crippen LogP contribution in [0.4, 0.5) is 0 Å². The topological polar surface area (TPSA) is 26.3 Å². The quantitative estimate of drug-likeness (QED) is 0.246. The standard InChI is InChI=1S/C14H22O2Si/c1-6-8-13(11-12-17(3,4)5)9-10-14(15)16-7-2/h6,9-10,13H,1,7-8H2,2-5H3/b10-9-. The van der Waals surface area contributed by atoms with E-state index in [1.54, 1.807) is 13.0 Å². The number of rotatable bonds is 5. The first-order valence-corrected chi connectivity index (χ1v) is 9.37. The molecule has 0 aromatic heterocycles. The summed E-state index contributed by atoms with van der Waals surface area (Å²) in [7, 11) is -1.37. The van der Waals surface area contributed by atoms with Gasteiger partial charge in [-0.05, 0) is 13.3 Å². The Balaban J connectivity index is 4.57. The van der Waals surface area contributed by atoms with Gasteiger partial charge in [0.15, 0.2) is 0 Å². The lowest BCUT2D eigenvalue weighted by molar-refractivity contribution is -0.137. The normalized spacial score (nSPS) is 12.7. The Morgan fingerprint density at radius 3 is 2.59 bits per heavy atom. The Kier molecular flexibility index (Phi) is 7.32. The second-order valence-electron chi connectivity index (χ2n) is 4.76. The summed E-state index contributed by atoms with van der Waals surface area (Å²) in [6, 6.07) is 0. The maximum absolute atomic E-state index is 11.2. The Morgan fingerprint density at radius 1 is 1.47 bits per heavy atom. The number of hydrogen-bond acceptors (Lipinski definition) is 2. The molecule has 17 heavy (non-hydrogen) atoms. The minimum atomic E-state index is -1.37. The largest absolute Gasteiger partial charge is 0.463 e. The first-order chi connectivity index (χ1) is 7.89. The van der Waals surface area contributed by atoms with Crippen molar-refractivity contribution in [1.29, 1.82) is 0 Å². The van der Waals surface area contributed by atoms with Gasteiger partial charge < -0.3 is 4.74 Å². The summed E-state index contributed by atoms with van der Waals surface area (Å²) >= 11 is 0. The van der Waals surface area contributed by atoms with Crippen LogP contribution in [0, 0.1) is 17.4 Å². The van der Waals surface area contributed by atoms with Crippen molar-refractivity contribution in [3.63, 3.8) is 0 Å². The first-order valence-electron chi connectivity index (χ1n) is 5.87. The van der Waals surface area contributed by atoms with Gasteiger partial charge >= 0.3 is 5.97 Å². The fraction of sp³-hybridized carbons (Fsp3) is 0.500. The summed E-state index contributed by atoms with van der Waals surface area (Å²) in [5.41, 5.74) is 3.30. The summed E-state index contributed by atoms with van der Waals surface area (Å²) < 4.78 is 4.82. The Hall–Kier alpha value is -1.27. The zero-order valence-electron chi connectivity index (χ0n) is 11.2. The minimum Gasteiger partial charge on any atom is -0.463 e. The summed E-state index contributed by atoms with van der Waals surface area (Å²) in [5, 5.41) is 0. The van der Waals surface area contributed by atoms with Crippen LogP contribution >= 0.6 is 0 Å². The van der Waals surface area contributed by atoms with Gasteiger partial charge in [-0.25, -0.2) is 4.79 Å². The highest BCUT2D eigenvalue weighted by atomic mass is 28.3. The predicted octanol–water partition coefficient (Wildman–Crippen LogP) is 3.18. The van der Waals surface area contributed by atoms with E-state index in [4.69, 9.17) is 4.74 Å². The van der Waals surface area contributed by atoms with Crippen LogP contribution in [0.25, 0.3) is 0 Å². The van der Waals surface area contributed by atoms with Crippen LogP contribution in [0.1, 0.15) is 13.3 Å². The molecule has 0 aromatic rings. The molecule has 0 spiro atoms. The number of allylic oxidation sites excluding steroid dienone is 2. The van der Waals surface area contributed by atoms with Crippen molar-refractivity contribution in [1.82, 2.24) is 0 Å². The van der Waals surface area contributed by atoms with E-state index in [9.17, 15) is 4.79 Å². The maximum Gasteiger partial charge on any atom is 0.330 e. The SMILES string of the molecule is C=CCC(C#C[Si](C)(C)C)/C=C\C(=O)OCC. The second kappa shape index (κ2) is 7.91.